The van der Waals surface area contributed by atoms with Gasteiger partial charge in [0.2, 0.25) is 0 Å². The number of halogens is 2. The molecule has 0 aliphatic heterocycles. The topological polar surface area (TPSA) is 12.0 Å². The van der Waals surface area contributed by atoms with E-state index in [1.165, 1.54) is 5.56 Å². The van der Waals surface area contributed by atoms with Crippen LogP contribution in [0.3, 0.4) is 0 Å². The summed E-state index contributed by atoms with van der Waals surface area (Å²) in [5, 5.41) is 4.81. The molecule has 0 amide bonds. The standard InChI is InChI=1S/C13H19Cl2NS/c1-3-7-16-13(6-8-17-2)10-4-5-11(14)12(15)9-10/h4-5,9,13,16H,3,6-8H2,1-2H3. The van der Waals surface area contributed by atoms with Crippen molar-refractivity contribution in [1.29, 1.82) is 0 Å². The van der Waals surface area contributed by atoms with Gasteiger partial charge in [-0.3, -0.25) is 0 Å². The Morgan fingerprint density at radius 1 is 1.29 bits per heavy atom. The minimum atomic E-state index is 0.372. The van der Waals surface area contributed by atoms with Crippen LogP contribution in [0.1, 0.15) is 31.4 Å². The molecular formula is C13H19Cl2NS. The monoisotopic (exact) mass is 291 g/mol. The largest absolute Gasteiger partial charge is 0.310 e. The van der Waals surface area contributed by atoms with E-state index in [0.717, 1.165) is 25.1 Å². The van der Waals surface area contributed by atoms with Gasteiger partial charge in [-0.25, -0.2) is 0 Å². The zero-order valence-corrected chi connectivity index (χ0v) is 12.6. The fraction of sp³-hybridized carbons (Fsp3) is 0.538. The van der Waals surface area contributed by atoms with Gasteiger partial charge in [0.05, 0.1) is 10.0 Å². The van der Waals surface area contributed by atoms with Crippen LogP contribution in [0.4, 0.5) is 0 Å². The summed E-state index contributed by atoms with van der Waals surface area (Å²) in [6, 6.07) is 6.27. The van der Waals surface area contributed by atoms with E-state index in [-0.39, 0.29) is 0 Å². The maximum Gasteiger partial charge on any atom is 0.0595 e. The van der Waals surface area contributed by atoms with Gasteiger partial charge in [-0.15, -0.1) is 0 Å². The molecule has 1 aromatic rings. The minimum Gasteiger partial charge on any atom is -0.310 e. The maximum absolute atomic E-state index is 6.06. The Kier molecular flexibility index (Phi) is 7.36. The molecule has 0 aliphatic carbocycles. The smallest absolute Gasteiger partial charge is 0.0595 e. The van der Waals surface area contributed by atoms with Crippen LogP contribution in [0.15, 0.2) is 18.2 Å². The SMILES string of the molecule is CCCNC(CCSC)c1ccc(Cl)c(Cl)c1. The molecule has 0 spiro atoms. The molecular weight excluding hydrogens is 273 g/mol. The lowest BCUT2D eigenvalue weighted by molar-refractivity contribution is 0.521. The first-order valence-corrected chi connectivity index (χ1v) is 8.01. The Morgan fingerprint density at radius 2 is 2.06 bits per heavy atom. The summed E-state index contributed by atoms with van der Waals surface area (Å²) < 4.78 is 0. The molecule has 4 heteroatoms. The van der Waals surface area contributed by atoms with E-state index in [9.17, 15) is 0 Å². The van der Waals surface area contributed by atoms with Crippen LogP contribution in [0.2, 0.25) is 10.0 Å². The molecule has 0 saturated heterocycles. The third kappa shape index (κ3) is 5.09. The second-order valence-electron chi connectivity index (χ2n) is 3.96. The van der Waals surface area contributed by atoms with Crippen molar-refractivity contribution in [2.24, 2.45) is 0 Å². The summed E-state index contributed by atoms with van der Waals surface area (Å²) >= 11 is 13.9. The van der Waals surface area contributed by atoms with Crippen molar-refractivity contribution in [2.75, 3.05) is 18.6 Å². The van der Waals surface area contributed by atoms with E-state index in [1.54, 1.807) is 0 Å². The van der Waals surface area contributed by atoms with E-state index in [4.69, 9.17) is 23.2 Å². The Hall–Kier alpha value is 0.110. The fourth-order valence-electron chi connectivity index (χ4n) is 1.67. The molecule has 17 heavy (non-hydrogen) atoms. The van der Waals surface area contributed by atoms with Crippen molar-refractivity contribution < 1.29 is 0 Å². The number of nitrogens with one attached hydrogen (secondary N) is 1. The molecule has 1 N–H and O–H groups in total. The van der Waals surface area contributed by atoms with Crippen molar-refractivity contribution >= 4 is 35.0 Å². The maximum atomic E-state index is 6.06. The van der Waals surface area contributed by atoms with E-state index in [2.05, 4.69) is 24.6 Å². The first-order chi connectivity index (χ1) is 8.19. The fourth-order valence-corrected chi connectivity index (χ4v) is 2.45. The molecule has 1 rings (SSSR count). The van der Waals surface area contributed by atoms with E-state index in [0.29, 0.717) is 16.1 Å². The normalized spacial score (nSPS) is 12.7. The number of rotatable bonds is 7. The third-order valence-corrected chi connectivity index (χ3v) is 3.98. The molecule has 0 heterocycles. The van der Waals surface area contributed by atoms with Gasteiger partial charge in [-0.05, 0) is 49.1 Å². The highest BCUT2D eigenvalue weighted by molar-refractivity contribution is 7.98. The lowest BCUT2D eigenvalue weighted by Gasteiger charge is -2.19. The van der Waals surface area contributed by atoms with Crippen LogP contribution < -0.4 is 5.32 Å². The average molecular weight is 292 g/mol. The summed E-state index contributed by atoms with van der Waals surface area (Å²) in [5.74, 6) is 1.14. The summed E-state index contributed by atoms with van der Waals surface area (Å²) in [6.07, 6.45) is 4.38. The second kappa shape index (κ2) is 8.25. The highest BCUT2D eigenvalue weighted by atomic mass is 35.5. The van der Waals surface area contributed by atoms with Crippen molar-refractivity contribution in [2.45, 2.75) is 25.8 Å². The van der Waals surface area contributed by atoms with E-state index < -0.39 is 0 Å². The quantitative estimate of drug-likeness (QED) is 0.775. The van der Waals surface area contributed by atoms with Crippen LogP contribution in [-0.2, 0) is 0 Å². The van der Waals surface area contributed by atoms with Crippen LogP contribution in [0.25, 0.3) is 0 Å². The molecule has 1 aromatic carbocycles. The average Bonchev–Trinajstić information content (AvgIpc) is 2.33. The molecule has 1 unspecified atom stereocenters. The number of benzene rings is 1. The zero-order valence-electron chi connectivity index (χ0n) is 10.3. The molecule has 0 aliphatic rings. The van der Waals surface area contributed by atoms with Gasteiger partial charge < -0.3 is 5.32 Å². The van der Waals surface area contributed by atoms with Crippen molar-refractivity contribution in [3.8, 4) is 0 Å². The number of thioether (sulfide) groups is 1. The van der Waals surface area contributed by atoms with Crippen molar-refractivity contribution in [3.05, 3.63) is 33.8 Å². The van der Waals surface area contributed by atoms with E-state index in [1.807, 2.05) is 23.9 Å². The number of hydrogen-bond donors (Lipinski definition) is 1. The molecule has 1 atom stereocenters. The second-order valence-corrected chi connectivity index (χ2v) is 5.76. The Balaban J connectivity index is 2.75. The van der Waals surface area contributed by atoms with Gasteiger partial charge in [0.15, 0.2) is 0 Å². The summed E-state index contributed by atoms with van der Waals surface area (Å²) in [4.78, 5) is 0. The van der Waals surface area contributed by atoms with E-state index >= 15 is 0 Å². The summed E-state index contributed by atoms with van der Waals surface area (Å²) in [6.45, 7) is 3.20. The van der Waals surface area contributed by atoms with Crippen LogP contribution in [0.5, 0.6) is 0 Å². The highest BCUT2D eigenvalue weighted by Crippen LogP contribution is 2.27. The Morgan fingerprint density at radius 3 is 2.65 bits per heavy atom. The summed E-state index contributed by atoms with van der Waals surface area (Å²) in [5.41, 5.74) is 1.22. The predicted octanol–water partition coefficient (Wildman–Crippen LogP) is 4.79. The van der Waals surface area contributed by atoms with Gasteiger partial charge in [0.1, 0.15) is 0 Å². The third-order valence-electron chi connectivity index (χ3n) is 2.60. The van der Waals surface area contributed by atoms with Gasteiger partial charge >= 0.3 is 0 Å². The zero-order chi connectivity index (χ0) is 12.7. The Bertz CT molecular complexity index is 336. The minimum absolute atomic E-state index is 0.372. The van der Waals surface area contributed by atoms with Crippen LogP contribution >= 0.6 is 35.0 Å². The Labute approximate surface area is 118 Å². The van der Waals surface area contributed by atoms with Gasteiger partial charge in [-0.1, -0.05) is 36.2 Å². The first kappa shape index (κ1) is 15.2. The molecule has 1 nitrogen and oxygen atoms in total. The molecule has 96 valence electrons. The molecule has 0 fully saturated rings. The lowest BCUT2D eigenvalue weighted by atomic mass is 10.0. The van der Waals surface area contributed by atoms with Crippen molar-refractivity contribution in [1.82, 2.24) is 5.32 Å². The molecule has 0 radical (unpaired) electrons. The summed E-state index contributed by atoms with van der Waals surface area (Å²) in [7, 11) is 0. The number of hydrogen-bond acceptors (Lipinski definition) is 2. The van der Waals surface area contributed by atoms with Crippen LogP contribution in [0, 0.1) is 0 Å². The van der Waals surface area contributed by atoms with Crippen LogP contribution in [-0.4, -0.2) is 18.6 Å². The molecule has 0 saturated carbocycles. The van der Waals surface area contributed by atoms with Gasteiger partial charge in [-0.2, -0.15) is 11.8 Å². The molecule has 0 aromatic heterocycles. The lowest BCUT2D eigenvalue weighted by Crippen LogP contribution is -2.22. The van der Waals surface area contributed by atoms with Gasteiger partial charge in [0, 0.05) is 6.04 Å². The molecule has 0 bridgehead atoms. The predicted molar refractivity (Wildman–Crippen MR) is 80.5 cm³/mol. The highest BCUT2D eigenvalue weighted by Gasteiger charge is 2.11. The van der Waals surface area contributed by atoms with Crippen molar-refractivity contribution in [3.63, 3.8) is 0 Å². The van der Waals surface area contributed by atoms with Gasteiger partial charge in [0.25, 0.3) is 0 Å². The first-order valence-electron chi connectivity index (χ1n) is 5.86.